The van der Waals surface area contributed by atoms with Crippen LogP contribution in [0.15, 0.2) is 91.1 Å². The zero-order chi connectivity index (χ0) is 37.8. The normalized spacial score (nSPS) is 12.2. The fourth-order valence-corrected chi connectivity index (χ4v) is 7.15. The zero-order valence-electron chi connectivity index (χ0n) is 33.5. The second-order valence-electron chi connectivity index (χ2n) is 17.3. The van der Waals surface area contributed by atoms with Crippen LogP contribution in [0.1, 0.15) is 103 Å². The Morgan fingerprint density at radius 1 is 0.741 bits per heavy atom. The van der Waals surface area contributed by atoms with E-state index in [0.29, 0.717) is 17.4 Å². The molecule has 0 amide bonds. The van der Waals surface area contributed by atoms with Crippen LogP contribution >= 0.6 is 0 Å². The zero-order valence-corrected chi connectivity index (χ0v) is 35.8. The fraction of sp³-hybridized carbons (Fsp3) is 0.333. The van der Waals surface area contributed by atoms with E-state index in [4.69, 9.17) is 14.8 Å². The smallest absolute Gasteiger partial charge is 0.509 e. The van der Waals surface area contributed by atoms with Crippen LogP contribution in [-0.4, -0.2) is 19.3 Å². The second kappa shape index (κ2) is 15.0. The molecule has 280 valence electrons. The number of hydrogen-bond donors (Lipinski definition) is 0. The van der Waals surface area contributed by atoms with Gasteiger partial charge in [0.15, 0.2) is 0 Å². The summed E-state index contributed by atoms with van der Waals surface area (Å²) in [5.41, 5.74) is 11.5. The van der Waals surface area contributed by atoms with Gasteiger partial charge in [0.25, 0.3) is 0 Å². The average molecular weight is 896 g/mol. The first-order valence-electron chi connectivity index (χ1n) is 19.0. The van der Waals surface area contributed by atoms with Crippen molar-refractivity contribution in [2.24, 2.45) is 5.92 Å². The van der Waals surface area contributed by atoms with Gasteiger partial charge in [-0.05, 0) is 87.5 Å². The maximum Gasteiger partial charge on any atom is 2.00 e. The van der Waals surface area contributed by atoms with Crippen LogP contribution in [0.4, 0.5) is 0 Å². The van der Waals surface area contributed by atoms with Gasteiger partial charge in [-0.15, -0.1) is 35.7 Å². The number of benzene rings is 4. The first-order chi connectivity index (χ1) is 25.1. The summed E-state index contributed by atoms with van der Waals surface area (Å²) < 4.78 is 10.9. The Bertz CT molecular complexity index is 2420. The number of hydrogen-bond acceptors (Lipinski definition) is 3. The molecule has 0 fully saturated rings. The van der Waals surface area contributed by atoms with Crippen LogP contribution < -0.4 is 4.74 Å². The molecule has 0 bridgehead atoms. The van der Waals surface area contributed by atoms with E-state index in [0.717, 1.165) is 51.0 Å². The van der Waals surface area contributed by atoms with E-state index in [9.17, 15) is 0 Å². The van der Waals surface area contributed by atoms with Gasteiger partial charge < -0.3 is 9.30 Å². The Morgan fingerprint density at radius 3 is 2.07 bits per heavy atom. The molecule has 5 nitrogen and oxygen atoms in total. The third-order valence-corrected chi connectivity index (χ3v) is 10.00. The van der Waals surface area contributed by atoms with Crippen LogP contribution in [0.3, 0.4) is 0 Å². The van der Waals surface area contributed by atoms with Gasteiger partial charge in [0.1, 0.15) is 5.82 Å². The first-order valence-corrected chi connectivity index (χ1v) is 19.0. The van der Waals surface area contributed by atoms with Crippen molar-refractivity contribution in [1.29, 1.82) is 0 Å². The molecule has 0 N–H and O–H groups in total. The molecule has 0 saturated heterocycles. The van der Waals surface area contributed by atoms with Gasteiger partial charge in [-0.1, -0.05) is 111 Å². The van der Waals surface area contributed by atoms with Gasteiger partial charge in [-0.25, -0.2) is 4.98 Å². The Balaban J connectivity index is 0.00000497. The van der Waals surface area contributed by atoms with E-state index in [1.807, 2.05) is 30.5 Å². The summed E-state index contributed by atoms with van der Waals surface area (Å²) >= 11 is 0. The topological polar surface area (TPSA) is 44.9 Å². The maximum absolute atomic E-state index is 6.57. The molecule has 6 heteroatoms. The van der Waals surface area contributed by atoms with Gasteiger partial charge in [-0.3, -0.25) is 4.68 Å². The van der Waals surface area contributed by atoms with Crippen LogP contribution in [0.5, 0.6) is 11.5 Å². The van der Waals surface area contributed by atoms with Crippen LogP contribution in [0.2, 0.25) is 0 Å². The van der Waals surface area contributed by atoms with Crippen molar-refractivity contribution >= 4 is 21.8 Å². The predicted molar refractivity (Wildman–Crippen MR) is 220 cm³/mol. The number of ether oxygens (including phenoxy) is 1. The van der Waals surface area contributed by atoms with Crippen molar-refractivity contribution in [2.45, 2.75) is 99.3 Å². The summed E-state index contributed by atoms with van der Waals surface area (Å²) in [6, 6.07) is 37.1. The summed E-state index contributed by atoms with van der Waals surface area (Å²) in [7, 11) is 0. The van der Waals surface area contributed by atoms with Crippen molar-refractivity contribution in [3.8, 4) is 34.1 Å². The number of pyridine rings is 1. The van der Waals surface area contributed by atoms with Crippen LogP contribution in [-0.2, 0) is 38.3 Å². The summed E-state index contributed by atoms with van der Waals surface area (Å²) in [6.07, 6.45) is 2.73. The van der Waals surface area contributed by atoms with Crippen LogP contribution in [0.25, 0.3) is 44.4 Å². The first kappa shape index (κ1) is 39.2. The molecular formula is C48H52N4OPt. The average Bonchev–Trinajstić information content (AvgIpc) is 3.63. The molecule has 54 heavy (non-hydrogen) atoms. The van der Waals surface area contributed by atoms with Crippen molar-refractivity contribution in [1.82, 2.24) is 19.3 Å². The van der Waals surface area contributed by atoms with Gasteiger partial charge in [-0.2, -0.15) is 17.2 Å². The molecule has 7 aromatic rings. The summed E-state index contributed by atoms with van der Waals surface area (Å²) in [5.74, 6) is 2.73. The molecule has 4 aromatic carbocycles. The van der Waals surface area contributed by atoms with E-state index < -0.39 is 0 Å². The minimum absolute atomic E-state index is 0. The molecule has 0 aliphatic heterocycles. The van der Waals surface area contributed by atoms with E-state index in [1.165, 1.54) is 27.9 Å². The predicted octanol–water partition coefficient (Wildman–Crippen LogP) is 12.6. The number of fused-ring (bicyclic) bond motifs is 3. The van der Waals surface area contributed by atoms with Crippen LogP contribution in [0, 0.1) is 25.0 Å². The minimum Gasteiger partial charge on any atom is -0.509 e. The number of rotatable bonds is 8. The number of nitrogens with zero attached hydrogens (tertiary/aromatic N) is 4. The molecule has 0 aliphatic rings. The van der Waals surface area contributed by atoms with Gasteiger partial charge in [0, 0.05) is 28.8 Å². The van der Waals surface area contributed by atoms with E-state index in [1.54, 1.807) is 0 Å². The molecule has 3 aromatic heterocycles. The van der Waals surface area contributed by atoms with Gasteiger partial charge in [0.05, 0.1) is 11.4 Å². The third kappa shape index (κ3) is 7.71. The van der Waals surface area contributed by atoms with Crippen molar-refractivity contribution in [3.63, 3.8) is 0 Å². The van der Waals surface area contributed by atoms with Crippen molar-refractivity contribution < 1.29 is 25.8 Å². The molecule has 0 radical (unpaired) electrons. The molecule has 0 spiro atoms. The molecule has 0 atom stereocenters. The van der Waals surface area contributed by atoms with Crippen molar-refractivity contribution in [3.05, 3.63) is 131 Å². The van der Waals surface area contributed by atoms with E-state index in [-0.39, 0.29) is 37.8 Å². The minimum atomic E-state index is 0. The summed E-state index contributed by atoms with van der Waals surface area (Å²) in [6.45, 7) is 24.9. The van der Waals surface area contributed by atoms with Gasteiger partial charge in [0.2, 0.25) is 0 Å². The second-order valence-corrected chi connectivity index (χ2v) is 17.3. The van der Waals surface area contributed by atoms with Gasteiger partial charge >= 0.3 is 21.1 Å². The largest absolute Gasteiger partial charge is 2.00 e. The molecule has 7 rings (SSSR count). The Hall–Kier alpha value is -4.47. The molecule has 0 unspecified atom stereocenters. The standard InChI is InChI=1S/C48H52N4O.Pt/c1-30(2)23-43-45(33-25-34(47(6,7)8)27-35(26-33)48(9,10)11)46(31(3)4)50-52(43)36-15-14-16-37(28-36)53-38-19-20-40-39-17-12-13-18-41(39)51(42(40)29-38)44-24-32(5)21-22-49-44;/h12-22,24-27,30-31H,23H2,1-11H3;/q-2;+2. The third-order valence-electron chi connectivity index (χ3n) is 10.00. The number of para-hydroxylation sites is 1. The Morgan fingerprint density at radius 2 is 1.43 bits per heavy atom. The number of aromatic nitrogens is 4. The molecule has 0 saturated carbocycles. The van der Waals surface area contributed by atoms with E-state index in [2.05, 4.69) is 158 Å². The SMILES string of the molecule is Cc1ccnc(-n2c3[c-]c(Oc4[c-]c(-n5nc(C(C)C)c(-c6cc(C(C)(C)C)cc(C(C)(C)C)c6)c5CC(C)C)ccc4)ccc3c3ccccc32)c1.[Pt+2]. The quantitative estimate of drug-likeness (QED) is 0.143. The van der Waals surface area contributed by atoms with E-state index >= 15 is 0 Å². The molecule has 3 heterocycles. The molecular weight excluding hydrogens is 844 g/mol. The molecule has 0 aliphatic carbocycles. The Kier molecular flexibility index (Phi) is 10.9. The number of aryl methyl sites for hydroxylation is 1. The summed E-state index contributed by atoms with van der Waals surface area (Å²) in [5, 5.41) is 7.62. The summed E-state index contributed by atoms with van der Waals surface area (Å²) in [4.78, 5) is 4.73. The monoisotopic (exact) mass is 895 g/mol. The van der Waals surface area contributed by atoms with Crippen molar-refractivity contribution in [2.75, 3.05) is 0 Å². The Labute approximate surface area is 336 Å². The maximum atomic E-state index is 6.57. The fourth-order valence-electron chi connectivity index (χ4n) is 7.15.